The molecular weight excluding hydrogens is 248 g/mol. The van der Waals surface area contributed by atoms with Crippen molar-refractivity contribution in [3.8, 4) is 5.75 Å². The monoisotopic (exact) mass is 264 g/mol. The van der Waals surface area contributed by atoms with Gasteiger partial charge in [0.15, 0.2) is 0 Å². The highest BCUT2D eigenvalue weighted by Gasteiger charge is 2.20. The van der Waals surface area contributed by atoms with Crippen LogP contribution in [-0.4, -0.2) is 21.8 Å². The lowest BCUT2D eigenvalue weighted by Gasteiger charge is -2.12. The van der Waals surface area contributed by atoms with E-state index in [2.05, 4.69) is 9.59 Å². The predicted molar refractivity (Wildman–Crippen MR) is 71.1 cm³/mol. The number of rotatable bonds is 4. The number of aliphatic hydroxyl groups excluding tert-OH is 1. The summed E-state index contributed by atoms with van der Waals surface area (Å²) in [5.41, 5.74) is 1.65. The molecule has 1 heterocycles. The van der Waals surface area contributed by atoms with E-state index in [1.807, 2.05) is 38.1 Å². The van der Waals surface area contributed by atoms with E-state index in [0.29, 0.717) is 0 Å². The van der Waals surface area contributed by atoms with Crippen molar-refractivity contribution in [3.63, 3.8) is 0 Å². The van der Waals surface area contributed by atoms with Crippen LogP contribution in [0.4, 0.5) is 0 Å². The molecule has 5 heteroatoms. The molecule has 4 nitrogen and oxygen atoms in total. The normalized spacial score (nSPS) is 12.7. The van der Waals surface area contributed by atoms with Crippen LogP contribution in [0.3, 0.4) is 0 Å². The molecule has 96 valence electrons. The van der Waals surface area contributed by atoms with Crippen molar-refractivity contribution in [1.29, 1.82) is 0 Å². The Hall–Kier alpha value is -1.46. The predicted octanol–water partition coefficient (Wildman–Crippen LogP) is 2.75. The highest BCUT2D eigenvalue weighted by Crippen LogP contribution is 2.31. The lowest BCUT2D eigenvalue weighted by Crippen LogP contribution is -2.02. The molecule has 0 saturated carbocycles. The molecule has 0 fully saturated rings. The Morgan fingerprint density at radius 2 is 2.11 bits per heavy atom. The molecule has 0 amide bonds. The Balaban J connectivity index is 2.35. The summed E-state index contributed by atoms with van der Waals surface area (Å²) in [6.07, 6.45) is -0.697. The molecule has 0 aliphatic heterocycles. The first kappa shape index (κ1) is 13.0. The van der Waals surface area contributed by atoms with E-state index < -0.39 is 6.10 Å². The maximum absolute atomic E-state index is 10.4. The number of hydrogen-bond acceptors (Lipinski definition) is 5. The summed E-state index contributed by atoms with van der Waals surface area (Å²) in [5.74, 6) is 0.981. The molecule has 0 spiro atoms. The molecule has 0 bridgehead atoms. The molecule has 2 aromatic rings. The maximum atomic E-state index is 10.4. The van der Waals surface area contributed by atoms with Crippen molar-refractivity contribution in [2.45, 2.75) is 25.9 Å². The molecule has 2 rings (SSSR count). The average Bonchev–Trinajstić information content (AvgIpc) is 2.87. The SMILES string of the molecule is COc1cccc(C(O)c2snnc2C(C)C)c1. The zero-order valence-electron chi connectivity index (χ0n) is 10.6. The van der Waals surface area contributed by atoms with Gasteiger partial charge in [0.1, 0.15) is 11.9 Å². The lowest BCUT2D eigenvalue weighted by molar-refractivity contribution is 0.222. The van der Waals surface area contributed by atoms with Crippen LogP contribution in [0.15, 0.2) is 24.3 Å². The van der Waals surface area contributed by atoms with Crippen molar-refractivity contribution in [2.24, 2.45) is 0 Å². The molecule has 0 radical (unpaired) electrons. The van der Waals surface area contributed by atoms with Crippen molar-refractivity contribution in [3.05, 3.63) is 40.4 Å². The van der Waals surface area contributed by atoms with Crippen molar-refractivity contribution < 1.29 is 9.84 Å². The first-order valence-electron chi connectivity index (χ1n) is 5.77. The van der Waals surface area contributed by atoms with Crippen LogP contribution in [0.2, 0.25) is 0 Å². The molecule has 0 saturated heterocycles. The van der Waals surface area contributed by atoms with E-state index in [0.717, 1.165) is 21.9 Å². The van der Waals surface area contributed by atoms with Gasteiger partial charge >= 0.3 is 0 Å². The minimum Gasteiger partial charge on any atom is -0.497 e. The second kappa shape index (κ2) is 5.46. The van der Waals surface area contributed by atoms with E-state index in [9.17, 15) is 5.11 Å². The smallest absolute Gasteiger partial charge is 0.119 e. The number of ether oxygens (including phenoxy) is 1. The van der Waals surface area contributed by atoms with Gasteiger partial charge < -0.3 is 9.84 Å². The molecule has 1 atom stereocenters. The van der Waals surface area contributed by atoms with Crippen molar-refractivity contribution >= 4 is 11.5 Å². The second-order valence-corrected chi connectivity index (χ2v) is 5.14. The number of methoxy groups -OCH3 is 1. The number of benzene rings is 1. The molecular formula is C13H16N2O2S. The van der Waals surface area contributed by atoms with Gasteiger partial charge in [-0.25, -0.2) is 0 Å². The van der Waals surface area contributed by atoms with Crippen LogP contribution in [0.5, 0.6) is 5.75 Å². The maximum Gasteiger partial charge on any atom is 0.119 e. The second-order valence-electron chi connectivity index (χ2n) is 4.36. The van der Waals surface area contributed by atoms with Crippen LogP contribution < -0.4 is 4.74 Å². The van der Waals surface area contributed by atoms with Crippen molar-refractivity contribution in [2.75, 3.05) is 7.11 Å². The Morgan fingerprint density at radius 1 is 1.33 bits per heavy atom. The van der Waals surface area contributed by atoms with Crippen LogP contribution >= 0.6 is 11.5 Å². The Kier molecular flexibility index (Phi) is 3.93. The van der Waals surface area contributed by atoms with Gasteiger partial charge in [0.2, 0.25) is 0 Å². The van der Waals surface area contributed by atoms with Gasteiger partial charge in [0, 0.05) is 0 Å². The van der Waals surface area contributed by atoms with Gasteiger partial charge in [-0.15, -0.1) is 5.10 Å². The number of hydrogen-bond donors (Lipinski definition) is 1. The summed E-state index contributed by atoms with van der Waals surface area (Å²) in [7, 11) is 1.61. The topological polar surface area (TPSA) is 55.2 Å². The molecule has 1 aromatic carbocycles. The fourth-order valence-electron chi connectivity index (χ4n) is 1.76. The Morgan fingerprint density at radius 3 is 2.78 bits per heavy atom. The molecule has 1 unspecified atom stereocenters. The number of aliphatic hydroxyl groups is 1. The van der Waals surface area contributed by atoms with Gasteiger partial charge in [0.25, 0.3) is 0 Å². The summed E-state index contributed by atoms with van der Waals surface area (Å²) in [6, 6.07) is 7.41. The van der Waals surface area contributed by atoms with E-state index in [-0.39, 0.29) is 5.92 Å². The van der Waals surface area contributed by atoms with Crippen LogP contribution in [-0.2, 0) is 0 Å². The van der Waals surface area contributed by atoms with E-state index in [1.165, 1.54) is 11.5 Å². The Labute approximate surface area is 110 Å². The van der Waals surface area contributed by atoms with E-state index >= 15 is 0 Å². The number of aromatic nitrogens is 2. The molecule has 1 N–H and O–H groups in total. The summed E-state index contributed by atoms with van der Waals surface area (Å²) >= 11 is 1.24. The summed E-state index contributed by atoms with van der Waals surface area (Å²) in [4.78, 5) is 0.804. The van der Waals surface area contributed by atoms with Gasteiger partial charge in [-0.3, -0.25) is 0 Å². The largest absolute Gasteiger partial charge is 0.497 e. The summed E-state index contributed by atoms with van der Waals surface area (Å²) in [5, 5.41) is 14.5. The minimum absolute atomic E-state index is 0.249. The third kappa shape index (κ3) is 2.52. The summed E-state index contributed by atoms with van der Waals surface area (Å²) in [6.45, 7) is 4.08. The highest BCUT2D eigenvalue weighted by molar-refractivity contribution is 7.05. The average molecular weight is 264 g/mol. The Bertz CT molecular complexity index is 525. The molecule has 0 aliphatic rings. The summed E-state index contributed by atoms with van der Waals surface area (Å²) < 4.78 is 9.09. The standard InChI is InChI=1S/C13H16N2O2S/c1-8(2)11-13(18-15-14-11)12(16)9-5-4-6-10(7-9)17-3/h4-8,12,16H,1-3H3. The van der Waals surface area contributed by atoms with Crippen molar-refractivity contribution in [1.82, 2.24) is 9.59 Å². The third-order valence-electron chi connectivity index (χ3n) is 2.74. The molecule has 0 aliphatic carbocycles. The third-order valence-corrected chi connectivity index (χ3v) is 3.54. The zero-order valence-corrected chi connectivity index (χ0v) is 11.4. The molecule has 1 aromatic heterocycles. The van der Waals surface area contributed by atoms with Gasteiger partial charge in [-0.1, -0.05) is 30.5 Å². The van der Waals surface area contributed by atoms with Crippen LogP contribution in [0.25, 0.3) is 0 Å². The molecule has 18 heavy (non-hydrogen) atoms. The fourth-order valence-corrected chi connectivity index (χ4v) is 2.58. The van der Waals surface area contributed by atoms with Gasteiger partial charge in [0.05, 0.1) is 17.7 Å². The minimum atomic E-state index is -0.697. The first-order valence-corrected chi connectivity index (χ1v) is 6.55. The number of nitrogens with zero attached hydrogens (tertiary/aromatic N) is 2. The van der Waals surface area contributed by atoms with E-state index in [1.54, 1.807) is 7.11 Å². The lowest BCUT2D eigenvalue weighted by atomic mass is 10.0. The van der Waals surface area contributed by atoms with Gasteiger partial charge in [-0.2, -0.15) is 0 Å². The van der Waals surface area contributed by atoms with Crippen LogP contribution in [0.1, 0.15) is 42.0 Å². The first-order chi connectivity index (χ1) is 8.63. The zero-order chi connectivity index (χ0) is 13.1. The van der Waals surface area contributed by atoms with E-state index in [4.69, 9.17) is 4.74 Å². The highest BCUT2D eigenvalue weighted by atomic mass is 32.1. The fraction of sp³-hybridized carbons (Fsp3) is 0.385. The quantitative estimate of drug-likeness (QED) is 0.922. The van der Waals surface area contributed by atoms with Gasteiger partial charge in [-0.05, 0) is 35.1 Å². The van der Waals surface area contributed by atoms with Crippen LogP contribution in [0, 0.1) is 0 Å².